The van der Waals surface area contributed by atoms with Gasteiger partial charge in [0.15, 0.2) is 0 Å². The maximum atomic E-state index is 11.4. The van der Waals surface area contributed by atoms with Crippen molar-refractivity contribution in [2.75, 3.05) is 13.6 Å². The molecule has 0 radical (unpaired) electrons. The summed E-state index contributed by atoms with van der Waals surface area (Å²) < 4.78 is 0. The summed E-state index contributed by atoms with van der Waals surface area (Å²) in [4.78, 5) is 20.5. The van der Waals surface area contributed by atoms with E-state index in [1.165, 1.54) is 0 Å². The van der Waals surface area contributed by atoms with Crippen LogP contribution in [0.5, 0.6) is 0 Å². The number of imidazole rings is 1. The van der Waals surface area contributed by atoms with E-state index >= 15 is 0 Å². The molecule has 0 aliphatic carbocycles. The number of fused-ring (bicyclic) bond motifs is 1. The second-order valence-electron chi connectivity index (χ2n) is 4.13. The number of carbonyl (C=O) groups is 1. The number of carbonyl (C=O) groups excluding carboxylic acids is 1. The zero-order valence-electron chi connectivity index (χ0n) is 10.0. The maximum absolute atomic E-state index is 11.4. The fourth-order valence-electron chi connectivity index (χ4n) is 1.80. The fourth-order valence-corrected chi connectivity index (χ4v) is 1.80. The predicted molar refractivity (Wildman–Crippen MR) is 66.4 cm³/mol. The van der Waals surface area contributed by atoms with Crippen molar-refractivity contribution in [2.45, 2.75) is 13.5 Å². The molecule has 0 fully saturated rings. The molecule has 5 heteroatoms. The third kappa shape index (κ3) is 2.45. The zero-order valence-corrected chi connectivity index (χ0v) is 10.0. The molecule has 0 aliphatic heterocycles. The van der Waals surface area contributed by atoms with Gasteiger partial charge in [-0.2, -0.15) is 0 Å². The Labute approximate surface area is 99.6 Å². The second kappa shape index (κ2) is 4.55. The summed E-state index contributed by atoms with van der Waals surface area (Å²) in [6.45, 7) is 2.52. The van der Waals surface area contributed by atoms with E-state index in [9.17, 15) is 4.79 Å². The molecule has 0 bridgehead atoms. The van der Waals surface area contributed by atoms with Gasteiger partial charge in [0.2, 0.25) is 5.91 Å². The van der Waals surface area contributed by atoms with E-state index < -0.39 is 0 Å². The highest BCUT2D eigenvalue weighted by Crippen LogP contribution is 2.14. The molecule has 1 heterocycles. The van der Waals surface area contributed by atoms with Crippen LogP contribution in [0.2, 0.25) is 0 Å². The molecule has 0 unspecified atom stereocenters. The van der Waals surface area contributed by atoms with E-state index in [2.05, 4.69) is 9.97 Å². The highest BCUT2D eigenvalue weighted by atomic mass is 16.2. The number of likely N-dealkylation sites (N-methyl/N-ethyl adjacent to an activating group) is 1. The Kier molecular flexibility index (Phi) is 3.10. The minimum Gasteiger partial charge on any atom is -0.342 e. The van der Waals surface area contributed by atoms with E-state index in [-0.39, 0.29) is 12.5 Å². The highest BCUT2D eigenvalue weighted by Gasteiger charge is 2.07. The van der Waals surface area contributed by atoms with E-state index in [1.807, 2.05) is 25.1 Å². The number of benzene rings is 1. The third-order valence-electron chi connectivity index (χ3n) is 2.68. The number of H-pyrrole nitrogens is 1. The average Bonchev–Trinajstić information content (AvgIpc) is 2.67. The van der Waals surface area contributed by atoms with Crippen molar-refractivity contribution in [3.8, 4) is 0 Å². The molecule has 1 aromatic heterocycles. The lowest BCUT2D eigenvalue weighted by atomic mass is 10.2. The number of hydrogen-bond acceptors (Lipinski definition) is 3. The summed E-state index contributed by atoms with van der Waals surface area (Å²) in [7, 11) is 1.75. The number of nitrogens with two attached hydrogens (primary N) is 1. The lowest BCUT2D eigenvalue weighted by Gasteiger charge is -2.15. The number of nitrogens with zero attached hydrogens (tertiary/aromatic N) is 2. The highest BCUT2D eigenvalue weighted by molar-refractivity contribution is 5.78. The quantitative estimate of drug-likeness (QED) is 0.821. The van der Waals surface area contributed by atoms with Crippen molar-refractivity contribution in [3.05, 3.63) is 29.6 Å². The minimum atomic E-state index is -0.0640. The van der Waals surface area contributed by atoms with Gasteiger partial charge in [0.05, 0.1) is 17.6 Å². The molecule has 2 aromatic rings. The lowest BCUT2D eigenvalue weighted by molar-refractivity contribution is -0.128. The van der Waals surface area contributed by atoms with Crippen LogP contribution in [-0.2, 0) is 11.3 Å². The van der Waals surface area contributed by atoms with Crippen molar-refractivity contribution in [3.63, 3.8) is 0 Å². The first kappa shape index (κ1) is 11.6. The fraction of sp³-hybridized carbons (Fsp3) is 0.333. The van der Waals surface area contributed by atoms with Gasteiger partial charge in [-0.1, -0.05) is 6.07 Å². The van der Waals surface area contributed by atoms with E-state index in [4.69, 9.17) is 5.73 Å². The summed E-state index contributed by atoms with van der Waals surface area (Å²) >= 11 is 0. The summed E-state index contributed by atoms with van der Waals surface area (Å²) in [6.07, 6.45) is 0. The van der Waals surface area contributed by atoms with Crippen LogP contribution in [0.1, 0.15) is 11.4 Å². The molecule has 0 aliphatic rings. The molecule has 2 rings (SSSR count). The molecule has 0 saturated heterocycles. The monoisotopic (exact) mass is 232 g/mol. The number of amides is 1. The molecule has 0 spiro atoms. The number of hydrogen-bond donors (Lipinski definition) is 2. The molecule has 3 N–H and O–H groups in total. The molecule has 1 aromatic carbocycles. The summed E-state index contributed by atoms with van der Waals surface area (Å²) in [6, 6.07) is 5.94. The molecular weight excluding hydrogens is 216 g/mol. The third-order valence-corrected chi connectivity index (χ3v) is 2.68. The molecular formula is C12H16N4O. The molecule has 17 heavy (non-hydrogen) atoms. The van der Waals surface area contributed by atoms with Crippen molar-refractivity contribution in [2.24, 2.45) is 5.73 Å². The SMILES string of the molecule is Cc1nc2ccc(CN(C)C(=O)CN)cc2[nH]1. The van der Waals surface area contributed by atoms with E-state index in [0.717, 1.165) is 22.4 Å². The van der Waals surface area contributed by atoms with Crippen LogP contribution >= 0.6 is 0 Å². The van der Waals surface area contributed by atoms with Crippen LogP contribution in [-0.4, -0.2) is 34.4 Å². The van der Waals surface area contributed by atoms with Gasteiger partial charge < -0.3 is 15.6 Å². The maximum Gasteiger partial charge on any atom is 0.236 e. The topological polar surface area (TPSA) is 75.0 Å². The van der Waals surface area contributed by atoms with Crippen molar-refractivity contribution < 1.29 is 4.79 Å². The molecule has 90 valence electrons. The average molecular weight is 232 g/mol. The van der Waals surface area contributed by atoms with Crippen LogP contribution in [0.4, 0.5) is 0 Å². The predicted octanol–water partition coefficient (Wildman–Crippen LogP) is 0.788. The number of aromatic amines is 1. The van der Waals surface area contributed by atoms with Crippen LogP contribution in [0.3, 0.4) is 0 Å². The molecule has 5 nitrogen and oxygen atoms in total. The first-order valence-corrected chi connectivity index (χ1v) is 5.49. The minimum absolute atomic E-state index is 0.0436. The summed E-state index contributed by atoms with van der Waals surface area (Å²) in [5.41, 5.74) is 8.31. The van der Waals surface area contributed by atoms with Crippen LogP contribution in [0, 0.1) is 6.92 Å². The number of aryl methyl sites for hydroxylation is 1. The smallest absolute Gasteiger partial charge is 0.236 e. The Morgan fingerprint density at radius 2 is 2.29 bits per heavy atom. The van der Waals surface area contributed by atoms with Gasteiger partial charge in [0.1, 0.15) is 5.82 Å². The van der Waals surface area contributed by atoms with Crippen LogP contribution < -0.4 is 5.73 Å². The number of nitrogens with one attached hydrogen (secondary N) is 1. The van der Waals surface area contributed by atoms with Crippen LogP contribution in [0.25, 0.3) is 11.0 Å². The Balaban J connectivity index is 2.21. The number of rotatable bonds is 3. The van der Waals surface area contributed by atoms with Gasteiger partial charge in [-0.25, -0.2) is 4.98 Å². The molecule has 0 atom stereocenters. The lowest BCUT2D eigenvalue weighted by Crippen LogP contribution is -2.32. The first-order chi connectivity index (χ1) is 8.10. The molecule has 1 amide bonds. The van der Waals surface area contributed by atoms with Gasteiger partial charge in [0, 0.05) is 13.6 Å². The van der Waals surface area contributed by atoms with E-state index in [0.29, 0.717) is 6.54 Å². The van der Waals surface area contributed by atoms with Gasteiger partial charge in [0.25, 0.3) is 0 Å². The zero-order chi connectivity index (χ0) is 12.4. The van der Waals surface area contributed by atoms with Gasteiger partial charge >= 0.3 is 0 Å². The number of aromatic nitrogens is 2. The second-order valence-corrected chi connectivity index (χ2v) is 4.13. The van der Waals surface area contributed by atoms with Gasteiger partial charge in [-0.05, 0) is 24.6 Å². The van der Waals surface area contributed by atoms with Crippen LogP contribution in [0.15, 0.2) is 18.2 Å². The normalized spacial score (nSPS) is 10.8. The largest absolute Gasteiger partial charge is 0.342 e. The first-order valence-electron chi connectivity index (χ1n) is 5.49. The summed E-state index contributed by atoms with van der Waals surface area (Å²) in [5.74, 6) is 0.828. The van der Waals surface area contributed by atoms with E-state index in [1.54, 1.807) is 11.9 Å². The Morgan fingerprint density at radius 3 is 3.00 bits per heavy atom. The van der Waals surface area contributed by atoms with Crippen molar-refractivity contribution in [1.82, 2.24) is 14.9 Å². The standard InChI is InChI=1S/C12H16N4O/c1-8-14-10-4-3-9(5-11(10)15-8)7-16(2)12(17)6-13/h3-5H,6-7,13H2,1-2H3,(H,14,15). The molecule has 0 saturated carbocycles. The van der Waals surface area contributed by atoms with Crippen molar-refractivity contribution >= 4 is 16.9 Å². The van der Waals surface area contributed by atoms with Gasteiger partial charge in [-0.3, -0.25) is 4.79 Å². The Morgan fingerprint density at radius 1 is 1.53 bits per heavy atom. The Bertz CT molecular complexity index is 546. The summed E-state index contributed by atoms with van der Waals surface area (Å²) in [5, 5.41) is 0. The van der Waals surface area contributed by atoms with Gasteiger partial charge in [-0.15, -0.1) is 0 Å². The Hall–Kier alpha value is -1.88. The van der Waals surface area contributed by atoms with Crippen molar-refractivity contribution in [1.29, 1.82) is 0 Å².